The van der Waals surface area contributed by atoms with E-state index in [1.165, 1.54) is 6.42 Å². The molecule has 0 heterocycles. The maximum Gasteiger partial charge on any atom is 0.0610 e. The Balaban J connectivity index is 3.70. The van der Waals surface area contributed by atoms with E-state index in [1.807, 2.05) is 0 Å². The largest absolute Gasteiger partial charge is 0.394 e. The van der Waals surface area contributed by atoms with Gasteiger partial charge in [-0.2, -0.15) is 0 Å². The normalized spacial score (nSPS) is 15.2. The fourth-order valence-corrected chi connectivity index (χ4v) is 2.38. The fourth-order valence-electron chi connectivity index (χ4n) is 2.38. The molecule has 4 nitrogen and oxygen atoms in total. The van der Waals surface area contributed by atoms with Crippen LogP contribution in [0, 0.1) is 0 Å². The summed E-state index contributed by atoms with van der Waals surface area (Å²) >= 11 is 0. The Bertz CT molecular complexity index is 212. The van der Waals surface area contributed by atoms with Crippen molar-refractivity contribution in [2.24, 2.45) is 0 Å². The van der Waals surface area contributed by atoms with Crippen LogP contribution in [0.3, 0.4) is 0 Å². The Labute approximate surface area is 119 Å². The second-order valence-corrected chi connectivity index (χ2v) is 6.12. The number of ether oxygens (including phenoxy) is 1. The number of hydrogen-bond donors (Lipinski definition) is 2. The molecule has 0 amide bonds. The molecule has 0 aromatic rings. The van der Waals surface area contributed by atoms with E-state index in [1.54, 1.807) is 7.11 Å². The molecule has 4 heteroatoms. The summed E-state index contributed by atoms with van der Waals surface area (Å²) in [5, 5.41) is 13.0. The number of rotatable bonds is 12. The maximum absolute atomic E-state index is 9.50. The van der Waals surface area contributed by atoms with Gasteiger partial charge in [0.25, 0.3) is 0 Å². The molecule has 0 aliphatic carbocycles. The molecule has 19 heavy (non-hydrogen) atoms. The Morgan fingerprint density at radius 3 is 2.37 bits per heavy atom. The van der Waals surface area contributed by atoms with Crippen molar-refractivity contribution in [1.29, 1.82) is 0 Å². The lowest BCUT2D eigenvalue weighted by molar-refractivity contribution is 0.151. The molecule has 0 saturated carbocycles. The number of methoxy groups -OCH3 is 1. The van der Waals surface area contributed by atoms with Gasteiger partial charge >= 0.3 is 0 Å². The van der Waals surface area contributed by atoms with Crippen LogP contribution in [-0.2, 0) is 4.74 Å². The van der Waals surface area contributed by atoms with E-state index in [-0.39, 0.29) is 12.1 Å². The average Bonchev–Trinajstić information content (AvgIpc) is 2.34. The molecule has 0 aliphatic rings. The summed E-state index contributed by atoms with van der Waals surface area (Å²) in [5.41, 5.74) is -0.136. The zero-order valence-corrected chi connectivity index (χ0v) is 13.5. The topological polar surface area (TPSA) is 44.7 Å². The van der Waals surface area contributed by atoms with Gasteiger partial charge in [0.1, 0.15) is 0 Å². The van der Waals surface area contributed by atoms with Crippen molar-refractivity contribution in [2.75, 3.05) is 40.5 Å². The van der Waals surface area contributed by atoms with Gasteiger partial charge < -0.3 is 20.1 Å². The third-order valence-corrected chi connectivity index (χ3v) is 3.39. The number of unbranched alkanes of at least 4 members (excludes halogenated alkanes) is 1. The van der Waals surface area contributed by atoms with E-state index in [0.29, 0.717) is 6.04 Å². The summed E-state index contributed by atoms with van der Waals surface area (Å²) in [6.45, 7) is 9.60. The monoisotopic (exact) mass is 274 g/mol. The van der Waals surface area contributed by atoms with E-state index in [2.05, 4.69) is 38.0 Å². The van der Waals surface area contributed by atoms with E-state index in [0.717, 1.165) is 39.0 Å². The summed E-state index contributed by atoms with van der Waals surface area (Å²) in [6, 6.07) is 0.411. The first-order valence-corrected chi connectivity index (χ1v) is 7.49. The zero-order valence-electron chi connectivity index (χ0n) is 13.5. The van der Waals surface area contributed by atoms with Crippen LogP contribution in [0.5, 0.6) is 0 Å². The first-order valence-electron chi connectivity index (χ1n) is 7.49. The molecule has 0 fully saturated rings. The molecule has 0 aromatic carbocycles. The van der Waals surface area contributed by atoms with Crippen molar-refractivity contribution in [3.63, 3.8) is 0 Å². The highest BCUT2D eigenvalue weighted by atomic mass is 16.5. The summed E-state index contributed by atoms with van der Waals surface area (Å²) in [7, 11) is 3.91. The average molecular weight is 274 g/mol. The molecule has 0 radical (unpaired) electrons. The number of hydrogen-bond acceptors (Lipinski definition) is 4. The standard InChI is InChI=1S/C15H34N2O2/c1-14(2)16-15(3,13-18)9-6-7-10-17(4)11-8-12-19-5/h14,16,18H,6-13H2,1-5H3. The minimum atomic E-state index is -0.136. The Hall–Kier alpha value is -0.160. The van der Waals surface area contributed by atoms with Crippen LogP contribution in [0.2, 0.25) is 0 Å². The molecule has 2 N–H and O–H groups in total. The van der Waals surface area contributed by atoms with Crippen molar-refractivity contribution in [2.45, 2.75) is 58.0 Å². The fraction of sp³-hybridized carbons (Fsp3) is 1.00. The predicted molar refractivity (Wildman–Crippen MR) is 81.6 cm³/mol. The molecular weight excluding hydrogens is 240 g/mol. The molecule has 1 atom stereocenters. The molecule has 0 aromatic heterocycles. The van der Waals surface area contributed by atoms with E-state index < -0.39 is 0 Å². The van der Waals surface area contributed by atoms with Gasteiger partial charge in [-0.25, -0.2) is 0 Å². The summed E-state index contributed by atoms with van der Waals surface area (Å²) in [4.78, 5) is 2.35. The summed E-state index contributed by atoms with van der Waals surface area (Å²) < 4.78 is 5.05. The lowest BCUT2D eigenvalue weighted by Crippen LogP contribution is -2.49. The smallest absolute Gasteiger partial charge is 0.0610 e. The third kappa shape index (κ3) is 10.3. The van der Waals surface area contributed by atoms with E-state index in [9.17, 15) is 5.11 Å². The Morgan fingerprint density at radius 2 is 1.84 bits per heavy atom. The number of nitrogens with one attached hydrogen (secondary N) is 1. The zero-order chi connectivity index (χ0) is 14.7. The third-order valence-electron chi connectivity index (χ3n) is 3.39. The Morgan fingerprint density at radius 1 is 1.21 bits per heavy atom. The van der Waals surface area contributed by atoms with Crippen molar-refractivity contribution >= 4 is 0 Å². The SMILES string of the molecule is COCCCN(C)CCCCC(C)(CO)NC(C)C. The van der Waals surface area contributed by atoms with Crippen LogP contribution in [-0.4, -0.2) is 62.0 Å². The van der Waals surface area contributed by atoms with E-state index in [4.69, 9.17) is 4.74 Å². The second kappa shape index (κ2) is 10.6. The maximum atomic E-state index is 9.50. The molecule has 116 valence electrons. The van der Waals surface area contributed by atoms with Gasteiger partial charge in [-0.1, -0.05) is 20.3 Å². The number of aliphatic hydroxyl groups is 1. The quantitative estimate of drug-likeness (QED) is 0.533. The van der Waals surface area contributed by atoms with Gasteiger partial charge in [-0.3, -0.25) is 0 Å². The highest BCUT2D eigenvalue weighted by molar-refractivity contribution is 4.83. The van der Waals surface area contributed by atoms with Gasteiger partial charge in [0.05, 0.1) is 6.61 Å². The molecule has 1 unspecified atom stereocenters. The van der Waals surface area contributed by atoms with Crippen LogP contribution in [0.4, 0.5) is 0 Å². The molecule has 0 saturated heterocycles. The number of aliphatic hydroxyl groups excluding tert-OH is 1. The Kier molecular flexibility index (Phi) is 10.5. The van der Waals surface area contributed by atoms with Crippen molar-refractivity contribution < 1.29 is 9.84 Å². The van der Waals surface area contributed by atoms with Gasteiger partial charge in [-0.15, -0.1) is 0 Å². The summed E-state index contributed by atoms with van der Waals surface area (Å²) in [6.07, 6.45) is 4.44. The lowest BCUT2D eigenvalue weighted by Gasteiger charge is -2.31. The lowest BCUT2D eigenvalue weighted by atomic mass is 9.95. The van der Waals surface area contributed by atoms with Gasteiger partial charge in [-0.05, 0) is 39.8 Å². The van der Waals surface area contributed by atoms with Gasteiger partial charge in [0, 0.05) is 31.8 Å². The first-order chi connectivity index (χ1) is 8.93. The van der Waals surface area contributed by atoms with Gasteiger partial charge in [0.15, 0.2) is 0 Å². The molecule has 0 spiro atoms. The van der Waals surface area contributed by atoms with Crippen LogP contribution in [0.15, 0.2) is 0 Å². The number of nitrogens with zero attached hydrogens (tertiary/aromatic N) is 1. The van der Waals surface area contributed by atoms with Crippen molar-refractivity contribution in [3.05, 3.63) is 0 Å². The predicted octanol–water partition coefficient (Wildman–Crippen LogP) is 1.87. The molecular formula is C15H34N2O2. The highest BCUT2D eigenvalue weighted by Gasteiger charge is 2.22. The van der Waals surface area contributed by atoms with Crippen LogP contribution in [0.1, 0.15) is 46.5 Å². The van der Waals surface area contributed by atoms with Crippen molar-refractivity contribution in [1.82, 2.24) is 10.2 Å². The van der Waals surface area contributed by atoms with Crippen LogP contribution >= 0.6 is 0 Å². The first kappa shape index (κ1) is 18.8. The van der Waals surface area contributed by atoms with Crippen LogP contribution in [0.25, 0.3) is 0 Å². The highest BCUT2D eigenvalue weighted by Crippen LogP contribution is 2.14. The molecule has 0 aliphatic heterocycles. The van der Waals surface area contributed by atoms with Crippen molar-refractivity contribution in [3.8, 4) is 0 Å². The minimum absolute atomic E-state index is 0.136. The van der Waals surface area contributed by atoms with Crippen LogP contribution < -0.4 is 5.32 Å². The van der Waals surface area contributed by atoms with E-state index >= 15 is 0 Å². The molecule has 0 rings (SSSR count). The molecule has 0 bridgehead atoms. The summed E-state index contributed by atoms with van der Waals surface area (Å²) in [5.74, 6) is 0. The minimum Gasteiger partial charge on any atom is -0.394 e. The second-order valence-electron chi connectivity index (χ2n) is 6.12. The van der Waals surface area contributed by atoms with Gasteiger partial charge in [0.2, 0.25) is 0 Å².